The van der Waals surface area contributed by atoms with Gasteiger partial charge in [-0.05, 0) is 35.6 Å². The van der Waals surface area contributed by atoms with Crippen molar-refractivity contribution in [1.82, 2.24) is 18.9 Å². The molecule has 2 aromatic heterocycles. The van der Waals surface area contributed by atoms with Crippen LogP contribution in [-0.2, 0) is 25.8 Å². The maximum atomic E-state index is 13.3. The molecule has 0 unspecified atom stereocenters. The molecule has 12 heteroatoms. The lowest BCUT2D eigenvalue weighted by atomic mass is 10.1. The van der Waals surface area contributed by atoms with Crippen molar-refractivity contribution in [2.75, 3.05) is 0 Å². The number of alkyl halides is 3. The lowest BCUT2D eigenvalue weighted by molar-refractivity contribution is -0.387. The molecule has 1 aromatic carbocycles. The van der Waals surface area contributed by atoms with E-state index in [1.165, 1.54) is 52.0 Å². The van der Waals surface area contributed by atoms with E-state index in [9.17, 15) is 32.9 Å². The molecule has 37 heavy (non-hydrogen) atoms. The van der Waals surface area contributed by atoms with E-state index in [1.807, 2.05) is 13.8 Å². The lowest BCUT2D eigenvalue weighted by Crippen LogP contribution is -2.43. The molecule has 0 radical (unpaired) electrons. The monoisotopic (exact) mass is 519 g/mol. The van der Waals surface area contributed by atoms with Crippen LogP contribution in [0.5, 0.6) is 0 Å². The van der Waals surface area contributed by atoms with Crippen LogP contribution in [0.1, 0.15) is 50.1 Å². The molecule has 198 valence electrons. The molecular weight excluding hydrogens is 491 g/mol. The second kappa shape index (κ2) is 11.0. The largest absolute Gasteiger partial charge is 0.416 e. The Hall–Kier alpha value is -3.96. The van der Waals surface area contributed by atoms with Crippen molar-refractivity contribution in [3.8, 4) is 0 Å². The van der Waals surface area contributed by atoms with E-state index in [0.717, 1.165) is 10.6 Å². The van der Waals surface area contributed by atoms with Gasteiger partial charge in [0.05, 0.1) is 23.2 Å². The summed E-state index contributed by atoms with van der Waals surface area (Å²) in [6.45, 7) is 7.30. The summed E-state index contributed by atoms with van der Waals surface area (Å²) in [7, 11) is 0. The standard InChI is InChI=1S/C25H28F3N5O4/c1-16(2)12-31-21(22(33(36)37)23(34)32(24(31)35)13-17(3)4)10-9-18-11-29-30(14-18)15-19-7-5-6-8-20(19)25(26,27)28/h5-11,14,16-17H,12-13,15H2,1-4H3/b10-9+. The summed E-state index contributed by atoms with van der Waals surface area (Å²) in [6.07, 6.45) is 1.07. The molecule has 0 atom stereocenters. The summed E-state index contributed by atoms with van der Waals surface area (Å²) >= 11 is 0. The van der Waals surface area contributed by atoms with E-state index in [2.05, 4.69) is 5.10 Å². The maximum Gasteiger partial charge on any atom is 0.416 e. The molecule has 0 saturated heterocycles. The van der Waals surface area contributed by atoms with Crippen LogP contribution < -0.4 is 11.2 Å². The Labute approximate surface area is 210 Å². The van der Waals surface area contributed by atoms with Crippen LogP contribution in [0.2, 0.25) is 0 Å². The third kappa shape index (κ3) is 6.43. The highest BCUT2D eigenvalue weighted by Gasteiger charge is 2.33. The predicted molar refractivity (Wildman–Crippen MR) is 133 cm³/mol. The van der Waals surface area contributed by atoms with Crippen LogP contribution in [0.4, 0.5) is 18.9 Å². The SMILES string of the molecule is CC(C)Cn1c(/C=C/c2cnn(Cc3ccccc3C(F)(F)F)c2)c([N+](=O)[O-])c(=O)n(CC(C)C)c1=O. The fourth-order valence-corrected chi connectivity index (χ4v) is 3.95. The minimum Gasteiger partial charge on any atom is -0.287 e. The quantitative estimate of drug-likeness (QED) is 0.302. The minimum absolute atomic E-state index is 0.0313. The molecule has 0 N–H and O–H groups in total. The van der Waals surface area contributed by atoms with Gasteiger partial charge < -0.3 is 0 Å². The first kappa shape index (κ1) is 27.6. The van der Waals surface area contributed by atoms with Crippen LogP contribution >= 0.6 is 0 Å². The lowest BCUT2D eigenvalue weighted by Gasteiger charge is -2.16. The van der Waals surface area contributed by atoms with Gasteiger partial charge in [-0.15, -0.1) is 0 Å². The van der Waals surface area contributed by atoms with Crippen molar-refractivity contribution >= 4 is 17.8 Å². The number of nitro groups is 1. The number of nitrogens with zero attached hydrogens (tertiary/aromatic N) is 5. The van der Waals surface area contributed by atoms with E-state index in [4.69, 9.17) is 0 Å². The van der Waals surface area contributed by atoms with Crippen LogP contribution in [0.3, 0.4) is 0 Å². The van der Waals surface area contributed by atoms with Gasteiger partial charge in [0.25, 0.3) is 0 Å². The maximum absolute atomic E-state index is 13.3. The van der Waals surface area contributed by atoms with Gasteiger partial charge >= 0.3 is 23.1 Å². The van der Waals surface area contributed by atoms with Crippen LogP contribution in [0, 0.1) is 22.0 Å². The molecule has 0 amide bonds. The molecule has 0 spiro atoms. The topological polar surface area (TPSA) is 105 Å². The van der Waals surface area contributed by atoms with Crippen molar-refractivity contribution < 1.29 is 18.1 Å². The molecule has 0 aliphatic carbocycles. The highest BCUT2D eigenvalue weighted by atomic mass is 19.4. The fourth-order valence-electron chi connectivity index (χ4n) is 3.95. The second-order valence-corrected chi connectivity index (χ2v) is 9.55. The molecule has 0 bridgehead atoms. The smallest absolute Gasteiger partial charge is 0.287 e. The third-order valence-corrected chi connectivity index (χ3v) is 5.46. The molecule has 9 nitrogen and oxygen atoms in total. The average Bonchev–Trinajstić information content (AvgIpc) is 3.23. The molecule has 0 aliphatic rings. The van der Waals surface area contributed by atoms with Gasteiger partial charge in [0.1, 0.15) is 5.69 Å². The number of hydrogen-bond donors (Lipinski definition) is 0. The zero-order chi connectivity index (χ0) is 27.5. The number of rotatable bonds is 9. The molecule has 3 rings (SSSR count). The molecular formula is C25H28F3N5O4. The first-order valence-corrected chi connectivity index (χ1v) is 11.7. The van der Waals surface area contributed by atoms with Gasteiger partial charge in [0, 0.05) is 24.8 Å². The normalized spacial score (nSPS) is 12.2. The van der Waals surface area contributed by atoms with Gasteiger partial charge in [-0.3, -0.25) is 28.7 Å². The summed E-state index contributed by atoms with van der Waals surface area (Å²) in [4.78, 5) is 37.2. The summed E-state index contributed by atoms with van der Waals surface area (Å²) in [5.74, 6) is -0.141. The molecule has 0 saturated carbocycles. The molecule has 2 heterocycles. The first-order chi connectivity index (χ1) is 17.3. The number of benzene rings is 1. The summed E-state index contributed by atoms with van der Waals surface area (Å²) in [5, 5.41) is 16.0. The van der Waals surface area contributed by atoms with Crippen molar-refractivity contribution in [2.45, 2.75) is 53.5 Å². The summed E-state index contributed by atoms with van der Waals surface area (Å²) < 4.78 is 43.3. The minimum atomic E-state index is -4.51. The highest BCUT2D eigenvalue weighted by Crippen LogP contribution is 2.32. The van der Waals surface area contributed by atoms with E-state index < -0.39 is 33.6 Å². The summed E-state index contributed by atoms with van der Waals surface area (Å²) in [6, 6.07) is 5.17. The van der Waals surface area contributed by atoms with Gasteiger partial charge in [-0.2, -0.15) is 18.3 Å². The Kier molecular flexibility index (Phi) is 8.19. The first-order valence-electron chi connectivity index (χ1n) is 11.7. The molecule has 0 aliphatic heterocycles. The van der Waals surface area contributed by atoms with Crippen molar-refractivity contribution in [2.24, 2.45) is 11.8 Å². The molecule has 0 fully saturated rings. The number of aromatic nitrogens is 4. The Morgan fingerprint density at radius 1 is 1.03 bits per heavy atom. The number of hydrogen-bond acceptors (Lipinski definition) is 5. The summed E-state index contributed by atoms with van der Waals surface area (Å²) in [5.41, 5.74) is -2.80. The van der Waals surface area contributed by atoms with Gasteiger partial charge in [-0.25, -0.2) is 4.79 Å². The third-order valence-electron chi connectivity index (χ3n) is 5.46. The van der Waals surface area contributed by atoms with Crippen molar-refractivity contribution in [3.05, 3.63) is 90.0 Å². The average molecular weight is 520 g/mol. The highest BCUT2D eigenvalue weighted by molar-refractivity contribution is 5.71. The van der Waals surface area contributed by atoms with Gasteiger partial charge in [-0.1, -0.05) is 45.9 Å². The van der Waals surface area contributed by atoms with E-state index >= 15 is 0 Å². The Bertz CT molecular complexity index is 1430. The van der Waals surface area contributed by atoms with Crippen molar-refractivity contribution in [1.29, 1.82) is 0 Å². The van der Waals surface area contributed by atoms with Crippen LogP contribution in [0.25, 0.3) is 12.2 Å². The second-order valence-electron chi connectivity index (χ2n) is 9.55. The van der Waals surface area contributed by atoms with Gasteiger partial charge in [0.15, 0.2) is 0 Å². The zero-order valence-corrected chi connectivity index (χ0v) is 20.9. The Balaban J connectivity index is 2.04. The number of halogens is 3. The van der Waals surface area contributed by atoms with Crippen LogP contribution in [0.15, 0.2) is 46.2 Å². The molecule has 3 aromatic rings. The Morgan fingerprint density at radius 2 is 1.65 bits per heavy atom. The van der Waals surface area contributed by atoms with E-state index in [0.29, 0.717) is 5.56 Å². The van der Waals surface area contributed by atoms with E-state index in [-0.39, 0.29) is 42.7 Å². The van der Waals surface area contributed by atoms with Gasteiger partial charge in [0.2, 0.25) is 0 Å². The zero-order valence-electron chi connectivity index (χ0n) is 20.9. The van der Waals surface area contributed by atoms with Crippen molar-refractivity contribution in [3.63, 3.8) is 0 Å². The van der Waals surface area contributed by atoms with Crippen LogP contribution in [-0.4, -0.2) is 23.8 Å². The predicted octanol–water partition coefficient (Wildman–Crippen LogP) is 4.66. The fraction of sp³-hybridized carbons (Fsp3) is 0.400. The van der Waals surface area contributed by atoms with E-state index in [1.54, 1.807) is 13.8 Å². The Morgan fingerprint density at radius 3 is 2.24 bits per heavy atom.